The quantitative estimate of drug-likeness (QED) is 0.449. The molecule has 0 saturated heterocycles. The third-order valence-electron chi connectivity index (χ3n) is 2.49. The summed E-state index contributed by atoms with van der Waals surface area (Å²) < 4.78 is 0.734. The van der Waals surface area contributed by atoms with Gasteiger partial charge in [-0.25, -0.2) is 9.78 Å². The summed E-state index contributed by atoms with van der Waals surface area (Å²) in [6.07, 6.45) is 3.05. The largest absolute Gasteiger partial charge is 0.465 e. The van der Waals surface area contributed by atoms with E-state index in [4.69, 9.17) is 17.3 Å². The van der Waals surface area contributed by atoms with Gasteiger partial charge >= 0.3 is 6.09 Å². The van der Waals surface area contributed by atoms with Gasteiger partial charge in [0.25, 0.3) is 0 Å². The molecule has 0 aliphatic carbocycles. The second kappa shape index (κ2) is 8.11. The molecule has 0 radical (unpaired) electrons. The number of nitrogens with one attached hydrogen (secondary N) is 3. The molecule has 4 N–H and O–H groups in total. The van der Waals surface area contributed by atoms with Crippen LogP contribution in [0.5, 0.6) is 0 Å². The number of amides is 1. The van der Waals surface area contributed by atoms with E-state index in [-0.39, 0.29) is 6.04 Å². The number of aromatic nitrogens is 2. The van der Waals surface area contributed by atoms with Crippen molar-refractivity contribution in [1.82, 2.24) is 20.6 Å². The zero-order valence-corrected chi connectivity index (χ0v) is 13.0. The van der Waals surface area contributed by atoms with Crippen LogP contribution in [0.2, 0.25) is 0 Å². The van der Waals surface area contributed by atoms with Crippen molar-refractivity contribution in [3.05, 3.63) is 16.6 Å². The number of aromatic amines is 1. The van der Waals surface area contributed by atoms with E-state index < -0.39 is 6.09 Å². The van der Waals surface area contributed by atoms with Crippen LogP contribution in [0.4, 0.5) is 4.79 Å². The average Bonchev–Trinajstić information content (AvgIpc) is 2.73. The lowest BCUT2D eigenvalue weighted by molar-refractivity contribution is 0.188. The molecule has 106 valence electrons. The molecule has 1 heterocycles. The molecule has 1 amide bonds. The molecule has 0 aromatic carbocycles. The number of H-pyrrole nitrogens is 1. The Kier molecular flexibility index (Phi) is 6.79. The molecule has 8 heteroatoms. The average molecular weight is 349 g/mol. The van der Waals surface area contributed by atoms with Crippen LogP contribution >= 0.6 is 28.1 Å². The molecule has 1 aromatic heterocycles. The lowest BCUT2D eigenvalue weighted by Crippen LogP contribution is -2.28. The molecule has 0 aliphatic rings. The zero-order chi connectivity index (χ0) is 14.3. The Morgan fingerprint density at radius 2 is 2.37 bits per heavy atom. The minimum atomic E-state index is -1.05. The minimum absolute atomic E-state index is 0.322. The molecule has 6 nitrogen and oxygen atoms in total. The number of nitrogens with zero attached hydrogens (tertiary/aromatic N) is 1. The lowest BCUT2D eigenvalue weighted by atomic mass is 10.1. The highest BCUT2D eigenvalue weighted by Gasteiger charge is 2.16. The van der Waals surface area contributed by atoms with Gasteiger partial charge in [0.1, 0.15) is 10.4 Å². The minimum Gasteiger partial charge on any atom is -0.465 e. The van der Waals surface area contributed by atoms with Crippen molar-refractivity contribution < 1.29 is 9.90 Å². The SMILES string of the molecule is CC(=S)NCCCCC(NC(=O)O)c1ncc(Br)[nH]1. The van der Waals surface area contributed by atoms with Gasteiger partial charge in [-0.15, -0.1) is 0 Å². The Bertz CT molecular complexity index is 438. The van der Waals surface area contributed by atoms with E-state index in [0.29, 0.717) is 12.2 Å². The first-order valence-corrected chi connectivity index (χ1v) is 7.13. The molecule has 19 heavy (non-hydrogen) atoms. The van der Waals surface area contributed by atoms with E-state index in [9.17, 15) is 4.79 Å². The van der Waals surface area contributed by atoms with Crippen LogP contribution in [0.1, 0.15) is 38.1 Å². The molecule has 0 spiro atoms. The maximum Gasteiger partial charge on any atom is 0.405 e. The number of thiocarbonyl (C=S) groups is 1. The monoisotopic (exact) mass is 348 g/mol. The smallest absolute Gasteiger partial charge is 0.405 e. The number of carbonyl (C=O) groups is 1. The summed E-state index contributed by atoms with van der Waals surface area (Å²) in [6.45, 7) is 2.64. The maximum atomic E-state index is 10.8. The summed E-state index contributed by atoms with van der Waals surface area (Å²) in [4.78, 5) is 18.7. The highest BCUT2D eigenvalue weighted by atomic mass is 79.9. The summed E-state index contributed by atoms with van der Waals surface area (Å²) in [5.74, 6) is 0.619. The first-order valence-electron chi connectivity index (χ1n) is 5.93. The van der Waals surface area contributed by atoms with E-state index in [1.54, 1.807) is 6.20 Å². The Morgan fingerprint density at radius 1 is 1.63 bits per heavy atom. The number of unbranched alkanes of at least 4 members (excludes halogenated alkanes) is 1. The third-order valence-corrected chi connectivity index (χ3v) is 3.03. The summed E-state index contributed by atoms with van der Waals surface area (Å²) >= 11 is 8.17. The summed E-state index contributed by atoms with van der Waals surface area (Å²) in [6, 6.07) is -0.322. The fraction of sp³-hybridized carbons (Fsp3) is 0.545. The van der Waals surface area contributed by atoms with Crippen molar-refractivity contribution in [2.75, 3.05) is 6.54 Å². The van der Waals surface area contributed by atoms with Crippen molar-refractivity contribution >= 4 is 39.2 Å². The van der Waals surface area contributed by atoms with Crippen LogP contribution in [0.3, 0.4) is 0 Å². The van der Waals surface area contributed by atoms with Gasteiger partial charge in [-0.05, 0) is 42.1 Å². The molecule has 1 aromatic rings. The van der Waals surface area contributed by atoms with Crippen LogP contribution < -0.4 is 10.6 Å². The first kappa shape index (κ1) is 15.9. The molecule has 0 aliphatic heterocycles. The maximum absolute atomic E-state index is 10.8. The highest BCUT2D eigenvalue weighted by molar-refractivity contribution is 9.10. The van der Waals surface area contributed by atoms with Gasteiger partial charge in [0, 0.05) is 6.54 Å². The van der Waals surface area contributed by atoms with Gasteiger partial charge in [-0.2, -0.15) is 0 Å². The van der Waals surface area contributed by atoms with Gasteiger partial charge < -0.3 is 20.7 Å². The Balaban J connectivity index is 2.42. The fourth-order valence-electron chi connectivity index (χ4n) is 1.65. The van der Waals surface area contributed by atoms with Gasteiger partial charge in [0.2, 0.25) is 0 Å². The number of rotatable bonds is 7. The lowest BCUT2D eigenvalue weighted by Gasteiger charge is -2.14. The Morgan fingerprint density at radius 3 is 2.89 bits per heavy atom. The standard InChI is InChI=1S/C11H17BrN4O2S/c1-7(19)13-5-3-2-4-8(15-11(17)18)10-14-6-9(12)16-10/h6,8,15H,2-5H2,1H3,(H,13,19)(H,14,16)(H,17,18). The molecule has 1 atom stereocenters. The van der Waals surface area contributed by atoms with E-state index in [2.05, 4.69) is 36.5 Å². The normalized spacial score (nSPS) is 11.9. The molecule has 0 bridgehead atoms. The van der Waals surface area contributed by atoms with E-state index in [1.165, 1.54) is 0 Å². The topological polar surface area (TPSA) is 90.0 Å². The van der Waals surface area contributed by atoms with Crippen molar-refractivity contribution in [2.45, 2.75) is 32.2 Å². The molecule has 1 unspecified atom stereocenters. The van der Waals surface area contributed by atoms with Crippen LogP contribution in [-0.2, 0) is 0 Å². The molecular formula is C11H17BrN4O2S. The number of halogens is 1. The second-order valence-electron chi connectivity index (χ2n) is 4.10. The van der Waals surface area contributed by atoms with Gasteiger partial charge in [0.05, 0.1) is 17.2 Å². The van der Waals surface area contributed by atoms with Crippen molar-refractivity contribution in [2.24, 2.45) is 0 Å². The first-order chi connectivity index (χ1) is 8.99. The van der Waals surface area contributed by atoms with Gasteiger partial charge in [-0.1, -0.05) is 12.2 Å². The predicted molar refractivity (Wildman–Crippen MR) is 80.3 cm³/mol. The Labute approximate surface area is 125 Å². The zero-order valence-electron chi connectivity index (χ0n) is 10.6. The van der Waals surface area contributed by atoms with Crippen LogP contribution in [0.15, 0.2) is 10.8 Å². The van der Waals surface area contributed by atoms with E-state index >= 15 is 0 Å². The number of imidazole rings is 1. The van der Waals surface area contributed by atoms with Crippen LogP contribution in [-0.4, -0.2) is 32.7 Å². The Hall–Kier alpha value is -1.15. The van der Waals surface area contributed by atoms with Gasteiger partial charge in [-0.3, -0.25) is 0 Å². The van der Waals surface area contributed by atoms with Crippen molar-refractivity contribution in [3.63, 3.8) is 0 Å². The summed E-state index contributed by atoms with van der Waals surface area (Å²) in [5.41, 5.74) is 0. The van der Waals surface area contributed by atoms with Crippen molar-refractivity contribution in [1.29, 1.82) is 0 Å². The van der Waals surface area contributed by atoms with E-state index in [0.717, 1.165) is 29.0 Å². The van der Waals surface area contributed by atoms with Crippen LogP contribution in [0, 0.1) is 0 Å². The molecular weight excluding hydrogens is 332 g/mol. The highest BCUT2D eigenvalue weighted by Crippen LogP contribution is 2.18. The number of carboxylic acid groups (broad SMARTS) is 1. The number of hydrogen-bond donors (Lipinski definition) is 4. The summed E-state index contributed by atoms with van der Waals surface area (Å²) in [7, 11) is 0. The third kappa shape index (κ3) is 6.53. The predicted octanol–water partition coefficient (Wildman–Crippen LogP) is 2.59. The van der Waals surface area contributed by atoms with Crippen LogP contribution in [0.25, 0.3) is 0 Å². The van der Waals surface area contributed by atoms with Crippen molar-refractivity contribution in [3.8, 4) is 0 Å². The molecule has 0 saturated carbocycles. The molecule has 0 fully saturated rings. The second-order valence-corrected chi connectivity index (χ2v) is 5.56. The van der Waals surface area contributed by atoms with E-state index in [1.807, 2.05) is 6.92 Å². The molecule has 1 rings (SSSR count). The fourth-order valence-corrected chi connectivity index (χ4v) is 2.06. The number of hydrogen-bond acceptors (Lipinski definition) is 3. The van der Waals surface area contributed by atoms with Gasteiger partial charge in [0.15, 0.2) is 0 Å². The summed E-state index contributed by atoms with van der Waals surface area (Å²) in [5, 5.41) is 14.4.